The quantitative estimate of drug-likeness (QED) is 0.278. The molecule has 1 atom stereocenters. The highest BCUT2D eigenvalue weighted by molar-refractivity contribution is 6.08. The van der Waals surface area contributed by atoms with E-state index in [9.17, 15) is 4.79 Å². The molecule has 0 saturated heterocycles. The summed E-state index contributed by atoms with van der Waals surface area (Å²) in [4.78, 5) is 12.6. The third-order valence-corrected chi connectivity index (χ3v) is 5.20. The Morgan fingerprint density at radius 3 is 2.72 bits per heavy atom. The number of hydrogen-bond donors (Lipinski definition) is 1. The number of nitrogens with one attached hydrogen (secondary N) is 1. The van der Waals surface area contributed by atoms with Gasteiger partial charge in [-0.2, -0.15) is 5.10 Å². The number of benzene rings is 3. The van der Waals surface area contributed by atoms with E-state index in [0.717, 1.165) is 28.1 Å². The highest BCUT2D eigenvalue weighted by atomic mass is 16.5. The molecule has 32 heavy (non-hydrogen) atoms. The Kier molecular flexibility index (Phi) is 6.40. The fourth-order valence-corrected chi connectivity index (χ4v) is 3.40. The third kappa shape index (κ3) is 4.59. The Balaban J connectivity index is 1.49. The highest BCUT2D eigenvalue weighted by Gasteiger charge is 2.14. The van der Waals surface area contributed by atoms with Crippen LogP contribution in [0.1, 0.15) is 43.3 Å². The van der Waals surface area contributed by atoms with Gasteiger partial charge in [-0.05, 0) is 66.9 Å². The summed E-state index contributed by atoms with van der Waals surface area (Å²) in [6.07, 6.45) is 2.55. The van der Waals surface area contributed by atoms with Crippen LogP contribution in [-0.2, 0) is 0 Å². The average molecular weight is 431 g/mol. The topological polar surface area (TPSA) is 73.1 Å². The molecule has 4 aromatic rings. The van der Waals surface area contributed by atoms with Gasteiger partial charge >= 0.3 is 5.91 Å². The predicted molar refractivity (Wildman–Crippen MR) is 127 cm³/mol. The monoisotopic (exact) mass is 430 g/mol. The maximum Gasteiger partial charge on any atom is 0.307 e. The van der Waals surface area contributed by atoms with E-state index in [-0.39, 0.29) is 11.9 Å². The van der Waals surface area contributed by atoms with Crippen molar-refractivity contribution in [3.8, 4) is 11.5 Å². The molecule has 0 aliphatic heterocycles. The van der Waals surface area contributed by atoms with E-state index < -0.39 is 5.91 Å². The van der Waals surface area contributed by atoms with Gasteiger partial charge in [0.1, 0.15) is 5.58 Å². The van der Waals surface area contributed by atoms with Crippen molar-refractivity contribution in [2.45, 2.75) is 33.3 Å². The Hall–Kier alpha value is -3.80. The molecule has 0 saturated carbocycles. The van der Waals surface area contributed by atoms with Crippen LogP contribution in [0.4, 0.5) is 0 Å². The normalized spacial score (nSPS) is 12.3. The van der Waals surface area contributed by atoms with Crippen molar-refractivity contribution in [3.63, 3.8) is 0 Å². The van der Waals surface area contributed by atoms with E-state index in [2.05, 4.69) is 17.5 Å². The molecule has 1 heterocycles. The summed E-state index contributed by atoms with van der Waals surface area (Å²) in [6.45, 7) is 6.53. The minimum absolute atomic E-state index is 0.0916. The van der Waals surface area contributed by atoms with E-state index >= 15 is 0 Å². The molecule has 0 unspecified atom stereocenters. The van der Waals surface area contributed by atoms with Gasteiger partial charge in [0.15, 0.2) is 17.3 Å². The number of ether oxygens (including phenoxy) is 2. The van der Waals surface area contributed by atoms with Crippen molar-refractivity contribution in [2.75, 3.05) is 6.61 Å². The van der Waals surface area contributed by atoms with Crippen LogP contribution in [-0.4, -0.2) is 24.8 Å². The van der Waals surface area contributed by atoms with Gasteiger partial charge in [-0.3, -0.25) is 4.79 Å². The average Bonchev–Trinajstić information content (AvgIpc) is 3.26. The van der Waals surface area contributed by atoms with E-state index in [1.165, 1.54) is 0 Å². The van der Waals surface area contributed by atoms with Crippen molar-refractivity contribution < 1.29 is 18.7 Å². The van der Waals surface area contributed by atoms with E-state index in [1.54, 1.807) is 12.3 Å². The molecule has 164 valence electrons. The molecular formula is C26H26N2O4. The van der Waals surface area contributed by atoms with Gasteiger partial charge in [0.25, 0.3) is 0 Å². The Bertz CT molecular complexity index is 1280. The maximum absolute atomic E-state index is 12.6. The first-order valence-corrected chi connectivity index (χ1v) is 10.8. The molecular weight excluding hydrogens is 404 g/mol. The molecule has 0 fully saturated rings. The fraction of sp³-hybridized carbons (Fsp3) is 0.231. The molecule has 3 aromatic carbocycles. The lowest BCUT2D eigenvalue weighted by Crippen LogP contribution is -2.16. The summed E-state index contributed by atoms with van der Waals surface area (Å²) in [5, 5.41) is 7.11. The number of carbonyl (C=O) groups is 1. The molecule has 0 spiro atoms. The SMILES string of the molecule is CCOc1cc(/C=N\NC(=O)c2cc3c(ccc4ccccc43)o2)ccc1O[C@@H](C)CC. The third-order valence-electron chi connectivity index (χ3n) is 5.20. The molecule has 0 bridgehead atoms. The number of rotatable bonds is 8. The van der Waals surface area contributed by atoms with Crippen LogP contribution in [0, 0.1) is 0 Å². The van der Waals surface area contributed by atoms with E-state index in [4.69, 9.17) is 13.9 Å². The zero-order chi connectivity index (χ0) is 22.5. The fourth-order valence-electron chi connectivity index (χ4n) is 3.40. The molecule has 1 amide bonds. The zero-order valence-corrected chi connectivity index (χ0v) is 18.4. The smallest absolute Gasteiger partial charge is 0.307 e. The van der Waals surface area contributed by atoms with Crippen LogP contribution >= 0.6 is 0 Å². The number of furan rings is 1. The summed E-state index contributed by atoms with van der Waals surface area (Å²) in [5.41, 5.74) is 3.97. The summed E-state index contributed by atoms with van der Waals surface area (Å²) in [6, 6.07) is 19.1. The zero-order valence-electron chi connectivity index (χ0n) is 18.4. The van der Waals surface area contributed by atoms with Crippen molar-refractivity contribution in [1.29, 1.82) is 0 Å². The molecule has 6 nitrogen and oxygen atoms in total. The minimum atomic E-state index is -0.414. The van der Waals surface area contributed by atoms with Crippen molar-refractivity contribution in [2.24, 2.45) is 5.10 Å². The summed E-state index contributed by atoms with van der Waals surface area (Å²) < 4.78 is 17.3. The lowest BCUT2D eigenvalue weighted by molar-refractivity contribution is 0.0929. The first-order valence-electron chi connectivity index (χ1n) is 10.8. The molecule has 6 heteroatoms. The number of carbonyl (C=O) groups excluding carboxylic acids is 1. The largest absolute Gasteiger partial charge is 0.490 e. The van der Waals surface area contributed by atoms with Crippen LogP contribution in [0.5, 0.6) is 11.5 Å². The Labute approximate surface area is 186 Å². The van der Waals surface area contributed by atoms with Gasteiger partial charge in [0.05, 0.1) is 18.9 Å². The van der Waals surface area contributed by atoms with Crippen molar-refractivity contribution in [3.05, 3.63) is 72.0 Å². The number of amides is 1. The van der Waals surface area contributed by atoms with Gasteiger partial charge < -0.3 is 13.9 Å². The van der Waals surface area contributed by atoms with Gasteiger partial charge in [-0.15, -0.1) is 0 Å². The first-order chi connectivity index (χ1) is 15.6. The molecule has 4 rings (SSSR count). The maximum atomic E-state index is 12.6. The lowest BCUT2D eigenvalue weighted by atomic mass is 10.1. The first kappa shape index (κ1) is 21.4. The van der Waals surface area contributed by atoms with E-state index in [0.29, 0.717) is 23.7 Å². The van der Waals surface area contributed by atoms with Gasteiger partial charge in [0.2, 0.25) is 0 Å². The van der Waals surface area contributed by atoms with Crippen molar-refractivity contribution in [1.82, 2.24) is 5.43 Å². The number of hydrazone groups is 1. The molecule has 0 aliphatic carbocycles. The Morgan fingerprint density at radius 1 is 1.06 bits per heavy atom. The second-order valence-electron chi connectivity index (χ2n) is 7.48. The second kappa shape index (κ2) is 9.56. The predicted octanol–water partition coefficient (Wildman–Crippen LogP) is 5.93. The number of nitrogens with zero attached hydrogens (tertiary/aromatic N) is 1. The number of fused-ring (bicyclic) bond motifs is 3. The summed E-state index contributed by atoms with van der Waals surface area (Å²) >= 11 is 0. The minimum Gasteiger partial charge on any atom is -0.490 e. The number of hydrogen-bond acceptors (Lipinski definition) is 5. The lowest BCUT2D eigenvalue weighted by Gasteiger charge is -2.16. The van der Waals surface area contributed by atoms with Crippen LogP contribution in [0.3, 0.4) is 0 Å². The molecule has 1 aromatic heterocycles. The summed E-state index contributed by atoms with van der Waals surface area (Å²) in [5.74, 6) is 1.13. The van der Waals surface area contributed by atoms with Crippen LogP contribution in [0.25, 0.3) is 21.7 Å². The highest BCUT2D eigenvalue weighted by Crippen LogP contribution is 2.30. The van der Waals surface area contributed by atoms with Gasteiger partial charge in [-0.1, -0.05) is 37.3 Å². The molecule has 0 aliphatic rings. The van der Waals surface area contributed by atoms with Crippen LogP contribution < -0.4 is 14.9 Å². The van der Waals surface area contributed by atoms with Crippen LogP contribution in [0.2, 0.25) is 0 Å². The molecule has 1 N–H and O–H groups in total. The standard InChI is InChI=1S/C26H26N2O4/c1-4-17(3)31-23-12-10-18(14-24(23)30-5-2)16-27-28-26(29)25-15-21-20-9-7-6-8-19(20)11-13-22(21)32-25/h6-17H,4-5H2,1-3H3,(H,28,29)/b27-16-/t17-/m0/s1. The van der Waals surface area contributed by atoms with E-state index in [1.807, 2.05) is 68.4 Å². The molecule has 0 radical (unpaired) electrons. The summed E-state index contributed by atoms with van der Waals surface area (Å²) in [7, 11) is 0. The Morgan fingerprint density at radius 2 is 1.91 bits per heavy atom. The second-order valence-corrected chi connectivity index (χ2v) is 7.48. The van der Waals surface area contributed by atoms with Crippen LogP contribution in [0.15, 0.2) is 70.2 Å². The van der Waals surface area contributed by atoms with Gasteiger partial charge in [-0.25, -0.2) is 5.43 Å². The van der Waals surface area contributed by atoms with Crippen molar-refractivity contribution >= 4 is 33.9 Å². The van der Waals surface area contributed by atoms with Gasteiger partial charge in [0, 0.05) is 5.39 Å².